The summed E-state index contributed by atoms with van der Waals surface area (Å²) in [5, 5.41) is 3.25. The molecule has 0 amide bonds. The van der Waals surface area contributed by atoms with E-state index in [1.165, 1.54) is 0 Å². The van der Waals surface area contributed by atoms with Crippen LogP contribution in [0.5, 0.6) is 0 Å². The third-order valence-corrected chi connectivity index (χ3v) is 2.39. The van der Waals surface area contributed by atoms with E-state index in [2.05, 4.69) is 36.1 Å². The summed E-state index contributed by atoms with van der Waals surface area (Å²) in [6, 6.07) is 1.76. The van der Waals surface area contributed by atoms with Crippen molar-refractivity contribution in [2.24, 2.45) is 0 Å². The van der Waals surface area contributed by atoms with Crippen LogP contribution in [-0.2, 0) is 10.2 Å². The third kappa shape index (κ3) is 4.87. The van der Waals surface area contributed by atoms with Crippen LogP contribution in [0.3, 0.4) is 0 Å². The Bertz CT molecular complexity index is 374. The van der Waals surface area contributed by atoms with Gasteiger partial charge in [-0.3, -0.25) is 0 Å². The fourth-order valence-electron chi connectivity index (χ4n) is 1.43. The highest BCUT2D eigenvalue weighted by atomic mass is 16.5. The van der Waals surface area contributed by atoms with E-state index in [-0.39, 0.29) is 5.41 Å². The van der Waals surface area contributed by atoms with Gasteiger partial charge in [0.05, 0.1) is 0 Å². The van der Waals surface area contributed by atoms with Crippen LogP contribution in [0, 0.1) is 0 Å². The number of hydrogen-bond acceptors (Lipinski definition) is 5. The molecular formula is C13H24N4O. The van der Waals surface area contributed by atoms with Gasteiger partial charge in [0.1, 0.15) is 17.5 Å². The maximum atomic E-state index is 5.79. The van der Waals surface area contributed by atoms with Crippen molar-refractivity contribution in [2.45, 2.75) is 39.5 Å². The highest BCUT2D eigenvalue weighted by molar-refractivity contribution is 5.45. The minimum Gasteiger partial charge on any atom is -0.384 e. The van der Waals surface area contributed by atoms with E-state index in [1.54, 1.807) is 6.07 Å². The SMILES string of the molecule is CCOCCCNc1cc(N)nc(C(C)(C)C)n1. The molecule has 1 aromatic heterocycles. The molecule has 0 atom stereocenters. The van der Waals surface area contributed by atoms with Gasteiger partial charge < -0.3 is 15.8 Å². The van der Waals surface area contributed by atoms with Crippen molar-refractivity contribution in [3.05, 3.63) is 11.9 Å². The Morgan fingerprint density at radius 1 is 1.33 bits per heavy atom. The first kappa shape index (κ1) is 14.7. The van der Waals surface area contributed by atoms with Crippen LogP contribution in [0.25, 0.3) is 0 Å². The van der Waals surface area contributed by atoms with Gasteiger partial charge in [-0.25, -0.2) is 9.97 Å². The zero-order valence-corrected chi connectivity index (χ0v) is 11.8. The predicted octanol–water partition coefficient (Wildman–Crippen LogP) is 2.19. The summed E-state index contributed by atoms with van der Waals surface area (Å²) in [6.07, 6.45) is 0.947. The van der Waals surface area contributed by atoms with Gasteiger partial charge in [0.25, 0.3) is 0 Å². The quantitative estimate of drug-likeness (QED) is 0.759. The van der Waals surface area contributed by atoms with Crippen molar-refractivity contribution in [1.82, 2.24) is 9.97 Å². The number of anilines is 2. The normalized spacial score (nSPS) is 11.6. The number of ether oxygens (including phenoxy) is 1. The van der Waals surface area contributed by atoms with Crippen molar-refractivity contribution in [2.75, 3.05) is 30.8 Å². The van der Waals surface area contributed by atoms with Gasteiger partial charge >= 0.3 is 0 Å². The molecule has 1 aromatic rings. The fraction of sp³-hybridized carbons (Fsp3) is 0.692. The molecule has 0 spiro atoms. The summed E-state index contributed by atoms with van der Waals surface area (Å²) >= 11 is 0. The molecule has 0 aliphatic rings. The zero-order valence-electron chi connectivity index (χ0n) is 11.8. The molecule has 18 heavy (non-hydrogen) atoms. The Hall–Kier alpha value is -1.36. The molecule has 0 aliphatic heterocycles. The molecule has 1 heterocycles. The fourth-order valence-corrected chi connectivity index (χ4v) is 1.43. The van der Waals surface area contributed by atoms with Crippen LogP contribution in [0.4, 0.5) is 11.6 Å². The predicted molar refractivity (Wildman–Crippen MR) is 74.7 cm³/mol. The average molecular weight is 252 g/mol. The van der Waals surface area contributed by atoms with E-state index in [0.717, 1.165) is 37.8 Å². The van der Waals surface area contributed by atoms with Crippen LogP contribution in [0.2, 0.25) is 0 Å². The number of rotatable bonds is 6. The first-order chi connectivity index (χ1) is 8.43. The van der Waals surface area contributed by atoms with Crippen LogP contribution in [0.1, 0.15) is 39.9 Å². The number of nitrogen functional groups attached to an aromatic ring is 1. The second-order valence-corrected chi connectivity index (χ2v) is 5.23. The Balaban J connectivity index is 2.58. The lowest BCUT2D eigenvalue weighted by Gasteiger charge is -2.18. The Labute approximate surface area is 109 Å². The molecule has 102 valence electrons. The summed E-state index contributed by atoms with van der Waals surface area (Å²) in [4.78, 5) is 8.74. The molecule has 0 aromatic carbocycles. The average Bonchev–Trinajstić information content (AvgIpc) is 2.27. The van der Waals surface area contributed by atoms with Crippen molar-refractivity contribution in [1.29, 1.82) is 0 Å². The van der Waals surface area contributed by atoms with Gasteiger partial charge in [0, 0.05) is 31.2 Å². The maximum absolute atomic E-state index is 5.79. The summed E-state index contributed by atoms with van der Waals surface area (Å²) in [7, 11) is 0. The summed E-state index contributed by atoms with van der Waals surface area (Å²) in [6.45, 7) is 10.5. The van der Waals surface area contributed by atoms with Crippen LogP contribution in [-0.4, -0.2) is 29.7 Å². The smallest absolute Gasteiger partial charge is 0.138 e. The summed E-state index contributed by atoms with van der Waals surface area (Å²) < 4.78 is 5.28. The van der Waals surface area contributed by atoms with Crippen LogP contribution >= 0.6 is 0 Å². The summed E-state index contributed by atoms with van der Waals surface area (Å²) in [5.74, 6) is 2.04. The van der Waals surface area contributed by atoms with Crippen LogP contribution < -0.4 is 11.1 Å². The minimum atomic E-state index is -0.100. The molecular weight excluding hydrogens is 228 g/mol. The van der Waals surface area contributed by atoms with E-state index in [1.807, 2.05) is 6.92 Å². The van der Waals surface area contributed by atoms with E-state index < -0.39 is 0 Å². The van der Waals surface area contributed by atoms with E-state index >= 15 is 0 Å². The number of hydrogen-bond donors (Lipinski definition) is 2. The molecule has 0 aliphatic carbocycles. The van der Waals surface area contributed by atoms with Crippen molar-refractivity contribution in [3.8, 4) is 0 Å². The van der Waals surface area contributed by atoms with Crippen molar-refractivity contribution < 1.29 is 4.74 Å². The highest BCUT2D eigenvalue weighted by Crippen LogP contribution is 2.21. The van der Waals surface area contributed by atoms with Gasteiger partial charge in [-0.15, -0.1) is 0 Å². The van der Waals surface area contributed by atoms with E-state index in [4.69, 9.17) is 10.5 Å². The number of aromatic nitrogens is 2. The zero-order chi connectivity index (χ0) is 13.6. The number of nitrogens with two attached hydrogens (primary N) is 1. The Kier molecular flexibility index (Phi) is 5.34. The first-order valence-corrected chi connectivity index (χ1v) is 6.40. The Morgan fingerprint density at radius 3 is 2.67 bits per heavy atom. The molecule has 0 unspecified atom stereocenters. The van der Waals surface area contributed by atoms with Crippen molar-refractivity contribution in [3.63, 3.8) is 0 Å². The van der Waals surface area contributed by atoms with Crippen LogP contribution in [0.15, 0.2) is 6.07 Å². The van der Waals surface area contributed by atoms with Gasteiger partial charge in [-0.2, -0.15) is 0 Å². The molecule has 0 fully saturated rings. The molecule has 3 N–H and O–H groups in total. The molecule has 0 radical (unpaired) electrons. The standard InChI is InChI=1S/C13H24N4O/c1-5-18-8-6-7-15-11-9-10(14)16-12(17-11)13(2,3)4/h9H,5-8H2,1-4H3,(H3,14,15,16,17). The van der Waals surface area contributed by atoms with Crippen molar-refractivity contribution >= 4 is 11.6 Å². The van der Waals surface area contributed by atoms with E-state index in [0.29, 0.717) is 5.82 Å². The number of nitrogens with zero attached hydrogens (tertiary/aromatic N) is 2. The molecule has 0 bridgehead atoms. The lowest BCUT2D eigenvalue weighted by atomic mass is 9.96. The van der Waals surface area contributed by atoms with Gasteiger partial charge in [-0.05, 0) is 13.3 Å². The third-order valence-electron chi connectivity index (χ3n) is 2.39. The molecule has 0 saturated heterocycles. The van der Waals surface area contributed by atoms with Gasteiger partial charge in [0.2, 0.25) is 0 Å². The number of nitrogens with one attached hydrogen (secondary N) is 1. The second-order valence-electron chi connectivity index (χ2n) is 5.23. The van der Waals surface area contributed by atoms with Gasteiger partial charge in [0.15, 0.2) is 0 Å². The minimum absolute atomic E-state index is 0.100. The summed E-state index contributed by atoms with van der Waals surface area (Å²) in [5.41, 5.74) is 5.69. The topological polar surface area (TPSA) is 73.1 Å². The molecule has 1 rings (SSSR count). The maximum Gasteiger partial charge on any atom is 0.138 e. The first-order valence-electron chi connectivity index (χ1n) is 6.40. The largest absolute Gasteiger partial charge is 0.384 e. The highest BCUT2D eigenvalue weighted by Gasteiger charge is 2.18. The lowest BCUT2D eigenvalue weighted by molar-refractivity contribution is 0.147. The van der Waals surface area contributed by atoms with Gasteiger partial charge in [-0.1, -0.05) is 20.8 Å². The van der Waals surface area contributed by atoms with E-state index in [9.17, 15) is 0 Å². The molecule has 5 heteroatoms. The second kappa shape index (κ2) is 6.54. The monoisotopic (exact) mass is 252 g/mol. The molecule has 0 saturated carbocycles. The lowest BCUT2D eigenvalue weighted by Crippen LogP contribution is -2.18. The Morgan fingerprint density at radius 2 is 2.06 bits per heavy atom. The molecule has 5 nitrogen and oxygen atoms in total.